The van der Waals surface area contributed by atoms with Crippen LogP contribution < -0.4 is 5.43 Å². The first-order chi connectivity index (χ1) is 13.9. The summed E-state index contributed by atoms with van der Waals surface area (Å²) in [6, 6.07) is 16.6. The van der Waals surface area contributed by atoms with Crippen molar-refractivity contribution in [1.29, 1.82) is 0 Å². The van der Waals surface area contributed by atoms with Crippen molar-refractivity contribution in [2.24, 2.45) is 5.10 Å². The van der Waals surface area contributed by atoms with Gasteiger partial charge in [0.1, 0.15) is 5.82 Å². The Bertz CT molecular complexity index is 1040. The summed E-state index contributed by atoms with van der Waals surface area (Å²) in [5.74, 6) is -0.456. The van der Waals surface area contributed by atoms with Crippen LogP contribution in [0.15, 0.2) is 64.6 Å². The van der Waals surface area contributed by atoms with E-state index in [1.165, 1.54) is 23.4 Å². The van der Waals surface area contributed by atoms with Gasteiger partial charge >= 0.3 is 0 Å². The monoisotopic (exact) mass is 409 g/mol. The third-order valence-corrected chi connectivity index (χ3v) is 5.76. The van der Waals surface area contributed by atoms with Crippen LogP contribution in [0.2, 0.25) is 0 Å². The van der Waals surface area contributed by atoms with Crippen LogP contribution in [0, 0.1) is 26.6 Å². The molecule has 0 radical (unpaired) electrons. The van der Waals surface area contributed by atoms with Crippen molar-refractivity contribution in [2.45, 2.75) is 37.8 Å². The summed E-state index contributed by atoms with van der Waals surface area (Å²) in [4.78, 5) is 13.4. The van der Waals surface area contributed by atoms with E-state index in [0.717, 1.165) is 21.8 Å². The summed E-state index contributed by atoms with van der Waals surface area (Å²) in [6.07, 6.45) is 1.60. The molecule has 4 nitrogen and oxygen atoms in total. The summed E-state index contributed by atoms with van der Waals surface area (Å²) in [5, 5.41) is 3.83. The number of hydrazone groups is 1. The van der Waals surface area contributed by atoms with Gasteiger partial charge in [0.25, 0.3) is 5.91 Å². The largest absolute Gasteiger partial charge is 0.315 e. The van der Waals surface area contributed by atoms with Gasteiger partial charge in [-0.3, -0.25) is 4.79 Å². The van der Waals surface area contributed by atoms with Crippen LogP contribution in [0.25, 0.3) is 5.69 Å². The van der Waals surface area contributed by atoms with Crippen molar-refractivity contribution < 1.29 is 9.18 Å². The van der Waals surface area contributed by atoms with Crippen molar-refractivity contribution >= 4 is 23.9 Å². The second-order valence-electron chi connectivity index (χ2n) is 6.92. The van der Waals surface area contributed by atoms with Crippen molar-refractivity contribution in [3.63, 3.8) is 0 Å². The minimum atomic E-state index is -0.284. The number of carbonyl (C=O) groups is 1. The molecule has 6 heteroatoms. The Morgan fingerprint density at radius 3 is 2.52 bits per heavy atom. The minimum Gasteiger partial charge on any atom is -0.315 e. The standard InChI is InChI=1S/C23H24FN3OS/c1-15-9-11-20(12-10-15)29-18(4)23(28)26-25-14-19-13-16(2)27(17(19)3)22-8-6-5-7-21(22)24/h5-14,18H,1-4H3,(H,26,28)/b25-14-/t18-/m0/s1. The Balaban J connectivity index is 1.67. The van der Waals surface area contributed by atoms with Gasteiger partial charge in [0.2, 0.25) is 0 Å². The maximum atomic E-state index is 14.2. The van der Waals surface area contributed by atoms with Crippen LogP contribution in [-0.4, -0.2) is 21.9 Å². The molecule has 0 aliphatic carbocycles. The maximum absolute atomic E-state index is 14.2. The van der Waals surface area contributed by atoms with Gasteiger partial charge in [-0.25, -0.2) is 9.82 Å². The average molecular weight is 410 g/mol. The summed E-state index contributed by atoms with van der Waals surface area (Å²) in [5.41, 5.74) is 6.85. The number of carbonyl (C=O) groups excluding carboxylic acids is 1. The molecule has 3 aromatic rings. The molecule has 29 heavy (non-hydrogen) atoms. The van der Waals surface area contributed by atoms with Crippen LogP contribution in [0.5, 0.6) is 0 Å². The fourth-order valence-electron chi connectivity index (χ4n) is 3.05. The molecular formula is C23H24FN3OS. The predicted molar refractivity (Wildman–Crippen MR) is 117 cm³/mol. The van der Waals surface area contributed by atoms with E-state index in [9.17, 15) is 9.18 Å². The molecule has 0 spiro atoms. The highest BCUT2D eigenvalue weighted by Crippen LogP contribution is 2.24. The number of thioether (sulfide) groups is 1. The van der Waals surface area contributed by atoms with Gasteiger partial charge < -0.3 is 4.57 Å². The molecule has 0 aliphatic rings. The number of aromatic nitrogens is 1. The highest BCUT2D eigenvalue weighted by atomic mass is 32.2. The van der Waals surface area contributed by atoms with E-state index in [0.29, 0.717) is 5.69 Å². The van der Waals surface area contributed by atoms with Crippen molar-refractivity contribution in [1.82, 2.24) is 9.99 Å². The zero-order valence-electron chi connectivity index (χ0n) is 16.9. The van der Waals surface area contributed by atoms with Gasteiger partial charge in [-0.1, -0.05) is 29.8 Å². The third kappa shape index (κ3) is 4.95. The number of halogens is 1. The van der Waals surface area contributed by atoms with Gasteiger partial charge in [-0.05, 0) is 58.0 Å². The number of nitrogens with zero attached hydrogens (tertiary/aromatic N) is 2. The van der Waals surface area contributed by atoms with E-state index >= 15 is 0 Å². The molecule has 0 unspecified atom stereocenters. The molecule has 1 heterocycles. The second kappa shape index (κ2) is 9.09. The lowest BCUT2D eigenvalue weighted by molar-refractivity contribution is -0.120. The van der Waals surface area contributed by atoms with Gasteiger partial charge in [-0.2, -0.15) is 5.10 Å². The Labute approximate surface area is 174 Å². The molecule has 1 amide bonds. The smallest absolute Gasteiger partial charge is 0.253 e. The Kier molecular flexibility index (Phi) is 6.54. The summed E-state index contributed by atoms with van der Waals surface area (Å²) < 4.78 is 16.0. The summed E-state index contributed by atoms with van der Waals surface area (Å²) >= 11 is 1.48. The normalized spacial score (nSPS) is 12.3. The lowest BCUT2D eigenvalue weighted by Gasteiger charge is -2.10. The molecule has 0 fully saturated rings. The lowest BCUT2D eigenvalue weighted by Crippen LogP contribution is -2.26. The maximum Gasteiger partial charge on any atom is 0.253 e. The molecular weight excluding hydrogens is 385 g/mol. The van der Waals surface area contributed by atoms with E-state index in [2.05, 4.69) is 10.5 Å². The number of nitrogens with one attached hydrogen (secondary N) is 1. The number of hydrogen-bond acceptors (Lipinski definition) is 3. The van der Waals surface area contributed by atoms with Gasteiger partial charge in [0.15, 0.2) is 0 Å². The van der Waals surface area contributed by atoms with E-state index < -0.39 is 0 Å². The number of aryl methyl sites for hydroxylation is 2. The second-order valence-corrected chi connectivity index (χ2v) is 8.33. The topological polar surface area (TPSA) is 46.4 Å². The van der Waals surface area contributed by atoms with E-state index in [4.69, 9.17) is 0 Å². The first-order valence-corrected chi connectivity index (χ1v) is 10.2. The van der Waals surface area contributed by atoms with Crippen molar-refractivity contribution in [3.8, 4) is 5.69 Å². The molecule has 1 aromatic heterocycles. The van der Waals surface area contributed by atoms with Gasteiger partial charge in [0, 0.05) is 21.8 Å². The first kappa shape index (κ1) is 20.9. The molecule has 0 saturated carbocycles. The Morgan fingerprint density at radius 1 is 1.14 bits per heavy atom. The average Bonchev–Trinajstić information content (AvgIpc) is 2.97. The lowest BCUT2D eigenvalue weighted by atomic mass is 10.2. The number of amides is 1. The Hall–Kier alpha value is -2.86. The zero-order valence-corrected chi connectivity index (χ0v) is 17.8. The molecule has 0 bridgehead atoms. The fourth-order valence-corrected chi connectivity index (χ4v) is 3.91. The van der Waals surface area contributed by atoms with Crippen LogP contribution in [0.3, 0.4) is 0 Å². The molecule has 3 rings (SSSR count). The minimum absolute atomic E-state index is 0.172. The highest BCUT2D eigenvalue weighted by molar-refractivity contribution is 8.00. The number of benzene rings is 2. The molecule has 150 valence electrons. The quantitative estimate of drug-likeness (QED) is 0.347. The van der Waals surface area contributed by atoms with E-state index in [1.807, 2.05) is 62.6 Å². The number of hydrogen-bond donors (Lipinski definition) is 1. The van der Waals surface area contributed by atoms with Crippen LogP contribution >= 0.6 is 11.8 Å². The molecule has 2 aromatic carbocycles. The molecule has 1 N–H and O–H groups in total. The molecule has 1 atom stereocenters. The van der Waals surface area contributed by atoms with E-state index in [-0.39, 0.29) is 17.0 Å². The third-order valence-electron chi connectivity index (χ3n) is 4.65. The molecule has 0 aliphatic heterocycles. The summed E-state index contributed by atoms with van der Waals surface area (Å²) in [6.45, 7) is 7.69. The zero-order chi connectivity index (χ0) is 21.0. The number of para-hydroxylation sites is 1. The van der Waals surface area contributed by atoms with Crippen LogP contribution in [-0.2, 0) is 4.79 Å². The molecule has 0 saturated heterocycles. The van der Waals surface area contributed by atoms with Crippen molar-refractivity contribution in [2.75, 3.05) is 0 Å². The number of rotatable bonds is 6. The van der Waals surface area contributed by atoms with Crippen LogP contribution in [0.1, 0.15) is 29.4 Å². The fraction of sp³-hybridized carbons (Fsp3) is 0.217. The van der Waals surface area contributed by atoms with Gasteiger partial charge in [0.05, 0.1) is 17.2 Å². The SMILES string of the molecule is Cc1ccc(S[C@@H](C)C(=O)N/N=C\c2cc(C)n(-c3ccccc3F)c2C)cc1. The van der Waals surface area contributed by atoms with Gasteiger partial charge in [-0.15, -0.1) is 11.8 Å². The van der Waals surface area contributed by atoms with Crippen molar-refractivity contribution in [3.05, 3.63) is 82.9 Å². The van der Waals surface area contributed by atoms with E-state index in [1.54, 1.807) is 24.4 Å². The van der Waals surface area contributed by atoms with Crippen LogP contribution in [0.4, 0.5) is 4.39 Å². The predicted octanol–water partition coefficient (Wildman–Crippen LogP) is 5.17. The first-order valence-electron chi connectivity index (χ1n) is 9.37. The summed E-state index contributed by atoms with van der Waals surface area (Å²) in [7, 11) is 0. The highest BCUT2D eigenvalue weighted by Gasteiger charge is 2.15. The Morgan fingerprint density at radius 2 is 1.83 bits per heavy atom.